The average Bonchev–Trinajstić information content (AvgIpc) is 3.46. The van der Waals surface area contributed by atoms with Crippen LogP contribution >= 0.6 is 11.6 Å². The summed E-state index contributed by atoms with van der Waals surface area (Å²) in [5.41, 5.74) is 3.46. The van der Waals surface area contributed by atoms with E-state index in [9.17, 15) is 4.79 Å². The van der Waals surface area contributed by atoms with Gasteiger partial charge in [0, 0.05) is 30.3 Å². The van der Waals surface area contributed by atoms with Gasteiger partial charge in [0.25, 0.3) is 0 Å². The van der Waals surface area contributed by atoms with Crippen molar-refractivity contribution in [1.82, 2.24) is 0 Å². The molecule has 1 aliphatic carbocycles. The summed E-state index contributed by atoms with van der Waals surface area (Å²) < 4.78 is 5.45. The molecule has 1 N–H and O–H groups in total. The molecule has 148 valence electrons. The number of anilines is 1. The zero-order valence-corrected chi connectivity index (χ0v) is 17.2. The summed E-state index contributed by atoms with van der Waals surface area (Å²) >= 11 is 6.45. The predicted octanol–water partition coefficient (Wildman–Crippen LogP) is 6.15. The molecule has 3 nitrogen and oxygen atoms in total. The fraction of sp³-hybridized carbons (Fsp3) is 0.458. The predicted molar refractivity (Wildman–Crippen MR) is 114 cm³/mol. The van der Waals surface area contributed by atoms with E-state index in [0.29, 0.717) is 12.3 Å². The van der Waals surface area contributed by atoms with E-state index in [-0.39, 0.29) is 17.2 Å². The van der Waals surface area contributed by atoms with Gasteiger partial charge in [-0.05, 0) is 72.3 Å². The number of ether oxygens (including phenoxy) is 1. The van der Waals surface area contributed by atoms with E-state index in [2.05, 4.69) is 30.4 Å². The highest BCUT2D eigenvalue weighted by molar-refractivity contribution is 6.31. The maximum absolute atomic E-state index is 12.8. The Kier molecular flexibility index (Phi) is 5.75. The SMILES string of the molecule is CC1([C@H](CC(=O)Nc2ccc(C3CCOCC3)cc2)c2ccccc2Cl)CC1. The molecule has 2 aromatic carbocycles. The zero-order valence-electron chi connectivity index (χ0n) is 16.4. The lowest BCUT2D eigenvalue weighted by atomic mass is 9.82. The first-order valence-electron chi connectivity index (χ1n) is 10.3. The Balaban J connectivity index is 1.42. The number of hydrogen-bond acceptors (Lipinski definition) is 2. The third-order valence-electron chi connectivity index (χ3n) is 6.44. The largest absolute Gasteiger partial charge is 0.381 e. The molecule has 4 heteroatoms. The van der Waals surface area contributed by atoms with Crippen molar-refractivity contribution in [3.05, 3.63) is 64.7 Å². The van der Waals surface area contributed by atoms with Crippen molar-refractivity contribution in [2.45, 2.75) is 50.9 Å². The van der Waals surface area contributed by atoms with Gasteiger partial charge in [0.05, 0.1) is 0 Å². The molecule has 1 saturated heterocycles. The first-order valence-corrected chi connectivity index (χ1v) is 10.6. The highest BCUT2D eigenvalue weighted by Gasteiger charge is 2.46. The van der Waals surface area contributed by atoms with E-state index in [1.807, 2.05) is 30.3 Å². The van der Waals surface area contributed by atoms with Crippen LogP contribution in [0.2, 0.25) is 5.02 Å². The van der Waals surface area contributed by atoms with Gasteiger partial charge in [0.2, 0.25) is 5.91 Å². The minimum Gasteiger partial charge on any atom is -0.381 e. The Hall–Kier alpha value is -1.84. The van der Waals surface area contributed by atoms with Gasteiger partial charge in [-0.2, -0.15) is 0 Å². The molecule has 1 aliphatic heterocycles. The number of amides is 1. The number of rotatable bonds is 6. The molecule has 1 heterocycles. The second-order valence-electron chi connectivity index (χ2n) is 8.49. The quantitative estimate of drug-likeness (QED) is 0.635. The Labute approximate surface area is 172 Å². The fourth-order valence-corrected chi connectivity index (χ4v) is 4.57. The molecule has 0 unspecified atom stereocenters. The van der Waals surface area contributed by atoms with Crippen LogP contribution in [-0.2, 0) is 9.53 Å². The molecule has 0 radical (unpaired) electrons. The van der Waals surface area contributed by atoms with Gasteiger partial charge in [0.1, 0.15) is 0 Å². The fourth-order valence-electron chi connectivity index (χ4n) is 4.30. The number of halogens is 1. The van der Waals surface area contributed by atoms with Crippen LogP contribution in [0.25, 0.3) is 0 Å². The minimum absolute atomic E-state index is 0.0526. The summed E-state index contributed by atoms with van der Waals surface area (Å²) in [5.74, 6) is 0.775. The van der Waals surface area contributed by atoms with Crippen LogP contribution in [0.1, 0.15) is 62.0 Å². The van der Waals surface area contributed by atoms with Crippen LogP contribution in [0, 0.1) is 5.41 Å². The van der Waals surface area contributed by atoms with Crippen molar-refractivity contribution < 1.29 is 9.53 Å². The van der Waals surface area contributed by atoms with Crippen LogP contribution in [0.15, 0.2) is 48.5 Å². The van der Waals surface area contributed by atoms with E-state index >= 15 is 0 Å². The van der Waals surface area contributed by atoms with Crippen molar-refractivity contribution in [1.29, 1.82) is 0 Å². The van der Waals surface area contributed by atoms with Crippen LogP contribution in [0.5, 0.6) is 0 Å². The van der Waals surface area contributed by atoms with Crippen LogP contribution in [0.4, 0.5) is 5.69 Å². The summed E-state index contributed by atoms with van der Waals surface area (Å²) in [6.45, 7) is 3.94. The van der Waals surface area contributed by atoms with Gasteiger partial charge < -0.3 is 10.1 Å². The average molecular weight is 398 g/mol. The second-order valence-corrected chi connectivity index (χ2v) is 8.90. The molecule has 0 bridgehead atoms. The van der Waals surface area contributed by atoms with Crippen molar-refractivity contribution in [3.63, 3.8) is 0 Å². The molecule has 0 aromatic heterocycles. The Morgan fingerprint density at radius 3 is 2.46 bits per heavy atom. The number of nitrogens with one attached hydrogen (secondary N) is 1. The van der Waals surface area contributed by atoms with Gasteiger partial charge in [-0.15, -0.1) is 0 Å². The monoisotopic (exact) mass is 397 g/mol. The van der Waals surface area contributed by atoms with Crippen molar-refractivity contribution in [2.75, 3.05) is 18.5 Å². The summed E-state index contributed by atoms with van der Waals surface area (Å²) in [6.07, 6.45) is 4.90. The molecule has 2 aliphatic rings. The molecule has 1 amide bonds. The van der Waals surface area contributed by atoms with Crippen LogP contribution in [0.3, 0.4) is 0 Å². The third-order valence-corrected chi connectivity index (χ3v) is 6.78. The number of carbonyl (C=O) groups excluding carboxylic acids is 1. The molecule has 0 spiro atoms. The number of carbonyl (C=O) groups is 1. The Morgan fingerprint density at radius 1 is 1.14 bits per heavy atom. The minimum atomic E-state index is 0.0526. The topological polar surface area (TPSA) is 38.3 Å². The molecular weight excluding hydrogens is 370 g/mol. The highest BCUT2D eigenvalue weighted by Crippen LogP contribution is 2.57. The molecule has 2 aromatic rings. The lowest BCUT2D eigenvalue weighted by Gasteiger charge is -2.25. The summed E-state index contributed by atoms with van der Waals surface area (Å²) in [4.78, 5) is 12.8. The van der Waals surface area contributed by atoms with E-state index in [4.69, 9.17) is 16.3 Å². The van der Waals surface area contributed by atoms with E-state index in [1.165, 1.54) is 5.56 Å². The summed E-state index contributed by atoms with van der Waals surface area (Å²) in [5, 5.41) is 3.84. The van der Waals surface area contributed by atoms with Crippen molar-refractivity contribution in [3.8, 4) is 0 Å². The molecule has 2 fully saturated rings. The van der Waals surface area contributed by atoms with Crippen LogP contribution in [-0.4, -0.2) is 19.1 Å². The smallest absolute Gasteiger partial charge is 0.225 e. The lowest BCUT2D eigenvalue weighted by Crippen LogP contribution is -2.21. The van der Waals surface area contributed by atoms with E-state index in [0.717, 1.165) is 55.2 Å². The van der Waals surface area contributed by atoms with Gasteiger partial charge in [-0.1, -0.05) is 48.9 Å². The maximum Gasteiger partial charge on any atom is 0.225 e. The zero-order chi connectivity index (χ0) is 19.6. The first-order chi connectivity index (χ1) is 13.5. The third kappa shape index (κ3) is 4.42. The van der Waals surface area contributed by atoms with Gasteiger partial charge in [0.15, 0.2) is 0 Å². The van der Waals surface area contributed by atoms with Crippen molar-refractivity contribution >= 4 is 23.2 Å². The van der Waals surface area contributed by atoms with Gasteiger partial charge in [-0.25, -0.2) is 0 Å². The van der Waals surface area contributed by atoms with Gasteiger partial charge >= 0.3 is 0 Å². The number of hydrogen-bond donors (Lipinski definition) is 1. The van der Waals surface area contributed by atoms with E-state index < -0.39 is 0 Å². The second kappa shape index (κ2) is 8.26. The highest BCUT2D eigenvalue weighted by atomic mass is 35.5. The maximum atomic E-state index is 12.8. The summed E-state index contributed by atoms with van der Waals surface area (Å²) in [6, 6.07) is 16.2. The molecule has 28 heavy (non-hydrogen) atoms. The standard InChI is InChI=1S/C24H28ClNO2/c1-24(12-13-24)21(20-4-2-3-5-22(20)25)16-23(27)26-19-8-6-17(7-9-19)18-10-14-28-15-11-18/h2-9,18,21H,10-16H2,1H3,(H,26,27)/t21-/m1/s1. The lowest BCUT2D eigenvalue weighted by molar-refractivity contribution is -0.116. The van der Waals surface area contributed by atoms with Crippen LogP contribution < -0.4 is 5.32 Å². The molecule has 4 rings (SSSR count). The first kappa shape index (κ1) is 19.5. The number of benzene rings is 2. The Bertz CT molecular complexity index is 823. The van der Waals surface area contributed by atoms with E-state index in [1.54, 1.807) is 0 Å². The molecule has 1 saturated carbocycles. The van der Waals surface area contributed by atoms with Gasteiger partial charge in [-0.3, -0.25) is 4.79 Å². The summed E-state index contributed by atoms with van der Waals surface area (Å²) in [7, 11) is 0. The Morgan fingerprint density at radius 2 is 1.82 bits per heavy atom. The normalized spacial score (nSPS) is 19.8. The molecular formula is C24H28ClNO2. The van der Waals surface area contributed by atoms with Crippen molar-refractivity contribution in [2.24, 2.45) is 5.41 Å². The molecule has 1 atom stereocenters.